The number of fused-ring (bicyclic) bond motifs is 1. The van der Waals surface area contributed by atoms with Crippen LogP contribution in [0.4, 0.5) is 0 Å². The van der Waals surface area contributed by atoms with E-state index in [1.807, 2.05) is 13.0 Å². The van der Waals surface area contributed by atoms with Crippen molar-refractivity contribution in [1.29, 1.82) is 0 Å². The van der Waals surface area contributed by atoms with Gasteiger partial charge in [0, 0.05) is 28.8 Å². The molecule has 0 saturated carbocycles. The minimum Gasteiger partial charge on any atom is -0.508 e. The van der Waals surface area contributed by atoms with E-state index >= 15 is 0 Å². The SMILES string of the molecule is CCc1c(C(=O)NCc2c(O)ccc3cccc(O)c23)[nH]c(C)c1C(C)=O. The summed E-state index contributed by atoms with van der Waals surface area (Å²) in [6.45, 7) is 5.17. The molecule has 6 nitrogen and oxygen atoms in total. The van der Waals surface area contributed by atoms with Crippen LogP contribution < -0.4 is 5.32 Å². The van der Waals surface area contributed by atoms with Crippen LogP contribution in [0.15, 0.2) is 30.3 Å². The van der Waals surface area contributed by atoms with Crippen molar-refractivity contribution < 1.29 is 19.8 Å². The van der Waals surface area contributed by atoms with Gasteiger partial charge in [0.2, 0.25) is 0 Å². The molecule has 3 rings (SSSR count). The van der Waals surface area contributed by atoms with Gasteiger partial charge in [0.05, 0.1) is 0 Å². The maximum Gasteiger partial charge on any atom is 0.268 e. The van der Waals surface area contributed by atoms with E-state index in [4.69, 9.17) is 0 Å². The molecule has 0 radical (unpaired) electrons. The topological polar surface area (TPSA) is 102 Å². The lowest BCUT2D eigenvalue weighted by Crippen LogP contribution is -2.24. The standard InChI is InChI=1S/C21H22N2O4/c1-4-14-18(12(3)24)11(2)23-20(14)21(27)22-10-15-16(25)9-8-13-6-5-7-17(26)19(13)15/h5-9,23,25-26H,4,10H2,1-3H3,(H,22,27). The maximum atomic E-state index is 12.7. The Bertz CT molecular complexity index is 1050. The molecule has 0 saturated heterocycles. The summed E-state index contributed by atoms with van der Waals surface area (Å²) in [5.41, 5.74) is 2.68. The van der Waals surface area contributed by atoms with Gasteiger partial charge >= 0.3 is 0 Å². The van der Waals surface area contributed by atoms with Crippen molar-refractivity contribution in [2.75, 3.05) is 0 Å². The molecule has 2 aromatic carbocycles. The van der Waals surface area contributed by atoms with Gasteiger partial charge in [-0.2, -0.15) is 0 Å². The number of carbonyl (C=O) groups excluding carboxylic acids is 2. The molecule has 1 amide bonds. The number of aromatic hydroxyl groups is 2. The normalized spacial score (nSPS) is 10.9. The van der Waals surface area contributed by atoms with Crippen molar-refractivity contribution in [1.82, 2.24) is 10.3 Å². The van der Waals surface area contributed by atoms with Crippen LogP contribution in [0.25, 0.3) is 10.8 Å². The molecule has 0 aliphatic rings. The minimum absolute atomic E-state index is 0.00731. The zero-order valence-electron chi connectivity index (χ0n) is 15.5. The summed E-state index contributed by atoms with van der Waals surface area (Å²) < 4.78 is 0. The Morgan fingerprint density at radius 3 is 2.48 bits per heavy atom. The number of hydrogen-bond donors (Lipinski definition) is 4. The second-order valence-corrected chi connectivity index (χ2v) is 6.51. The van der Waals surface area contributed by atoms with E-state index in [0.717, 1.165) is 5.39 Å². The third kappa shape index (κ3) is 3.26. The second kappa shape index (κ2) is 7.15. The number of H-pyrrole nitrogens is 1. The molecule has 0 unspecified atom stereocenters. The lowest BCUT2D eigenvalue weighted by Gasteiger charge is -2.12. The third-order valence-electron chi connectivity index (χ3n) is 4.76. The summed E-state index contributed by atoms with van der Waals surface area (Å²) in [5, 5.41) is 24.4. The Kier molecular flexibility index (Phi) is 4.90. The first kappa shape index (κ1) is 18.5. The van der Waals surface area contributed by atoms with E-state index in [1.54, 1.807) is 19.1 Å². The number of aromatic amines is 1. The molecule has 0 fully saturated rings. The van der Waals surface area contributed by atoms with Crippen molar-refractivity contribution >= 4 is 22.5 Å². The maximum absolute atomic E-state index is 12.7. The van der Waals surface area contributed by atoms with Gasteiger partial charge in [-0.1, -0.05) is 25.1 Å². The number of rotatable bonds is 5. The smallest absolute Gasteiger partial charge is 0.268 e. The van der Waals surface area contributed by atoms with Crippen molar-refractivity contribution in [3.8, 4) is 11.5 Å². The third-order valence-corrected chi connectivity index (χ3v) is 4.76. The fourth-order valence-corrected chi connectivity index (χ4v) is 3.56. The molecular formula is C21H22N2O4. The van der Waals surface area contributed by atoms with Crippen LogP contribution in [0.3, 0.4) is 0 Å². The Balaban J connectivity index is 1.94. The minimum atomic E-state index is -0.366. The first-order valence-corrected chi connectivity index (χ1v) is 8.78. The van der Waals surface area contributed by atoms with Crippen LogP contribution in [0, 0.1) is 6.92 Å². The first-order valence-electron chi connectivity index (χ1n) is 8.78. The molecule has 0 aliphatic heterocycles. The first-order chi connectivity index (χ1) is 12.8. The monoisotopic (exact) mass is 366 g/mol. The highest BCUT2D eigenvalue weighted by atomic mass is 16.3. The number of aromatic nitrogens is 1. The average Bonchev–Trinajstić information content (AvgIpc) is 2.97. The number of ketones is 1. The molecule has 1 aromatic heterocycles. The van der Waals surface area contributed by atoms with Gasteiger partial charge in [-0.25, -0.2) is 0 Å². The van der Waals surface area contributed by atoms with E-state index in [1.165, 1.54) is 19.1 Å². The van der Waals surface area contributed by atoms with Crippen LogP contribution in [-0.4, -0.2) is 26.9 Å². The highest BCUT2D eigenvalue weighted by Crippen LogP contribution is 2.33. The van der Waals surface area contributed by atoms with Gasteiger partial charge in [-0.3, -0.25) is 9.59 Å². The lowest BCUT2D eigenvalue weighted by molar-refractivity contribution is 0.0945. The van der Waals surface area contributed by atoms with Crippen LogP contribution in [0.2, 0.25) is 0 Å². The fraction of sp³-hybridized carbons (Fsp3) is 0.238. The number of phenols is 2. The highest BCUT2D eigenvalue weighted by Gasteiger charge is 2.22. The molecule has 27 heavy (non-hydrogen) atoms. The lowest BCUT2D eigenvalue weighted by atomic mass is 10.0. The van der Waals surface area contributed by atoms with Crippen molar-refractivity contribution in [2.24, 2.45) is 0 Å². The van der Waals surface area contributed by atoms with Crippen molar-refractivity contribution in [2.45, 2.75) is 33.7 Å². The summed E-state index contributed by atoms with van der Waals surface area (Å²) in [6, 6.07) is 8.32. The Labute approximate surface area is 156 Å². The second-order valence-electron chi connectivity index (χ2n) is 6.51. The van der Waals surface area contributed by atoms with Gasteiger partial charge in [-0.05, 0) is 43.4 Å². The van der Waals surface area contributed by atoms with E-state index in [0.29, 0.717) is 39.9 Å². The number of amides is 1. The number of nitrogens with one attached hydrogen (secondary N) is 2. The molecule has 0 atom stereocenters. The number of carbonyl (C=O) groups is 2. The Morgan fingerprint density at radius 2 is 1.81 bits per heavy atom. The molecule has 140 valence electrons. The molecule has 0 bridgehead atoms. The molecule has 3 aromatic rings. The highest BCUT2D eigenvalue weighted by molar-refractivity contribution is 6.03. The van der Waals surface area contributed by atoms with Crippen molar-refractivity contribution in [3.63, 3.8) is 0 Å². The summed E-state index contributed by atoms with van der Waals surface area (Å²) in [6.07, 6.45) is 0.544. The number of Topliss-reactive ketones (excluding diaryl/α,β-unsaturated/α-hetero) is 1. The summed E-state index contributed by atoms with van der Waals surface area (Å²) >= 11 is 0. The number of aryl methyl sites for hydroxylation is 1. The predicted molar refractivity (Wildman–Crippen MR) is 103 cm³/mol. The Hall–Kier alpha value is -3.28. The van der Waals surface area contributed by atoms with E-state index in [-0.39, 0.29) is 29.7 Å². The summed E-state index contributed by atoms with van der Waals surface area (Å²) in [4.78, 5) is 27.6. The molecule has 4 N–H and O–H groups in total. The molecule has 1 heterocycles. The van der Waals surface area contributed by atoms with Gasteiger partial charge in [0.25, 0.3) is 5.91 Å². The molecule has 0 spiro atoms. The molecular weight excluding hydrogens is 344 g/mol. The van der Waals surface area contributed by atoms with Gasteiger partial charge in [0.1, 0.15) is 17.2 Å². The summed E-state index contributed by atoms with van der Waals surface area (Å²) in [5.74, 6) is -0.422. The van der Waals surface area contributed by atoms with Gasteiger partial charge in [-0.15, -0.1) is 0 Å². The van der Waals surface area contributed by atoms with Crippen LogP contribution in [-0.2, 0) is 13.0 Å². The van der Waals surface area contributed by atoms with Gasteiger partial charge < -0.3 is 20.5 Å². The van der Waals surface area contributed by atoms with Crippen LogP contribution in [0.1, 0.15) is 51.5 Å². The zero-order chi connectivity index (χ0) is 19.7. The number of hydrogen-bond acceptors (Lipinski definition) is 4. The van der Waals surface area contributed by atoms with E-state index in [9.17, 15) is 19.8 Å². The van der Waals surface area contributed by atoms with E-state index < -0.39 is 0 Å². The van der Waals surface area contributed by atoms with Gasteiger partial charge in [0.15, 0.2) is 5.78 Å². The quantitative estimate of drug-likeness (QED) is 0.518. The number of benzene rings is 2. The average molecular weight is 366 g/mol. The molecule has 0 aliphatic carbocycles. The Morgan fingerprint density at radius 1 is 1.07 bits per heavy atom. The molecule has 6 heteroatoms. The van der Waals surface area contributed by atoms with Crippen LogP contribution >= 0.6 is 0 Å². The van der Waals surface area contributed by atoms with Crippen molar-refractivity contribution in [3.05, 3.63) is 58.4 Å². The van der Waals surface area contributed by atoms with Crippen LogP contribution in [0.5, 0.6) is 11.5 Å². The largest absolute Gasteiger partial charge is 0.508 e. The zero-order valence-corrected chi connectivity index (χ0v) is 15.5. The van der Waals surface area contributed by atoms with E-state index in [2.05, 4.69) is 10.3 Å². The summed E-state index contributed by atoms with van der Waals surface area (Å²) in [7, 11) is 0. The number of phenolic OH excluding ortho intramolecular Hbond substituents is 2. The predicted octanol–water partition coefficient (Wildman–Crippen LogP) is 3.58. The fourth-order valence-electron chi connectivity index (χ4n) is 3.56.